The van der Waals surface area contributed by atoms with Gasteiger partial charge in [0, 0.05) is 9.37 Å². The molecular weight excluding hydrogens is 386 g/mol. The van der Waals surface area contributed by atoms with Gasteiger partial charge in [0.2, 0.25) is 0 Å². The van der Waals surface area contributed by atoms with E-state index in [4.69, 9.17) is 0 Å². The number of imidazole rings is 1. The van der Waals surface area contributed by atoms with E-state index >= 15 is 0 Å². The number of nitrogens with one attached hydrogen (secondary N) is 1. The highest BCUT2D eigenvalue weighted by molar-refractivity contribution is 9.10. The van der Waals surface area contributed by atoms with E-state index in [1.807, 2.05) is 55.5 Å². The van der Waals surface area contributed by atoms with Crippen LogP contribution in [-0.2, 0) is 0 Å². The third-order valence-corrected chi connectivity index (χ3v) is 5.08. The molecule has 120 valence electrons. The minimum absolute atomic E-state index is 0.0153. The number of H-pyrrole nitrogens is 1. The second-order valence-electron chi connectivity index (χ2n) is 5.19. The second kappa shape index (κ2) is 7.12. The standard InChI is InChI=1S/C18H14BrN3OS/c1-11(24-13-6-4-5-12(19)9-13)17(23)14(10-20)18-21-15-7-2-3-8-16(15)22-18/h2-9,11,23H,1H3,(H,21,22)/b17-14+. The van der Waals surface area contributed by atoms with Gasteiger partial charge in [-0.25, -0.2) is 4.98 Å². The molecule has 0 saturated heterocycles. The van der Waals surface area contributed by atoms with Gasteiger partial charge in [0.1, 0.15) is 17.4 Å². The smallest absolute Gasteiger partial charge is 0.152 e. The Labute approximate surface area is 152 Å². The summed E-state index contributed by atoms with van der Waals surface area (Å²) in [6.07, 6.45) is 0. The van der Waals surface area contributed by atoms with Gasteiger partial charge in [-0.15, -0.1) is 11.8 Å². The van der Waals surface area contributed by atoms with Gasteiger partial charge >= 0.3 is 0 Å². The van der Waals surface area contributed by atoms with Crippen molar-refractivity contribution < 1.29 is 5.11 Å². The van der Waals surface area contributed by atoms with Gasteiger partial charge < -0.3 is 10.1 Å². The first-order valence-electron chi connectivity index (χ1n) is 7.29. The zero-order chi connectivity index (χ0) is 17.1. The van der Waals surface area contributed by atoms with Crippen molar-refractivity contribution in [2.75, 3.05) is 0 Å². The number of halogens is 1. The number of benzene rings is 2. The molecule has 1 unspecified atom stereocenters. The van der Waals surface area contributed by atoms with Crippen molar-refractivity contribution in [2.24, 2.45) is 0 Å². The van der Waals surface area contributed by atoms with Crippen LogP contribution >= 0.6 is 27.7 Å². The summed E-state index contributed by atoms with van der Waals surface area (Å²) in [7, 11) is 0. The highest BCUT2D eigenvalue weighted by Gasteiger charge is 2.19. The molecule has 2 aromatic carbocycles. The molecule has 0 aliphatic carbocycles. The lowest BCUT2D eigenvalue weighted by Crippen LogP contribution is -2.04. The van der Waals surface area contributed by atoms with Crippen LogP contribution in [0, 0.1) is 11.3 Å². The van der Waals surface area contributed by atoms with E-state index in [9.17, 15) is 10.4 Å². The third-order valence-electron chi connectivity index (χ3n) is 3.49. The monoisotopic (exact) mass is 399 g/mol. The Morgan fingerprint density at radius 1 is 1.29 bits per heavy atom. The largest absolute Gasteiger partial charge is 0.510 e. The SMILES string of the molecule is CC(Sc1cccc(Br)c1)/C(O)=C(/C#N)c1nc2ccccc2[nH]1. The molecule has 1 aromatic heterocycles. The first-order valence-corrected chi connectivity index (χ1v) is 8.96. The minimum Gasteiger partial charge on any atom is -0.510 e. The summed E-state index contributed by atoms with van der Waals surface area (Å²) in [5.74, 6) is 0.402. The molecule has 2 N–H and O–H groups in total. The Kier molecular flexibility index (Phi) is 4.93. The highest BCUT2D eigenvalue weighted by atomic mass is 79.9. The van der Waals surface area contributed by atoms with E-state index in [2.05, 4.69) is 32.0 Å². The molecule has 3 aromatic rings. The maximum Gasteiger partial charge on any atom is 0.152 e. The van der Waals surface area contributed by atoms with Gasteiger partial charge in [-0.3, -0.25) is 0 Å². The Morgan fingerprint density at radius 2 is 2.08 bits per heavy atom. The maximum absolute atomic E-state index is 10.6. The fourth-order valence-electron chi connectivity index (χ4n) is 2.31. The number of hydrogen-bond donors (Lipinski definition) is 2. The molecule has 0 radical (unpaired) electrons. The molecule has 0 amide bonds. The van der Waals surface area contributed by atoms with Crippen LogP contribution in [0.1, 0.15) is 12.7 Å². The number of aromatic amines is 1. The lowest BCUT2D eigenvalue weighted by Gasteiger charge is -2.12. The van der Waals surface area contributed by atoms with E-state index < -0.39 is 0 Å². The molecule has 1 heterocycles. The van der Waals surface area contributed by atoms with Gasteiger partial charge in [-0.1, -0.05) is 34.1 Å². The van der Waals surface area contributed by atoms with Crippen LogP contribution in [0.25, 0.3) is 16.6 Å². The van der Waals surface area contributed by atoms with Gasteiger partial charge in [0.15, 0.2) is 5.82 Å². The van der Waals surface area contributed by atoms with Gasteiger partial charge in [-0.05, 0) is 37.3 Å². The average Bonchev–Trinajstić information content (AvgIpc) is 2.99. The molecule has 6 heteroatoms. The summed E-state index contributed by atoms with van der Waals surface area (Å²) in [4.78, 5) is 8.49. The zero-order valence-corrected chi connectivity index (χ0v) is 15.2. The molecule has 0 aliphatic rings. The van der Waals surface area contributed by atoms with Crippen LogP contribution in [0.4, 0.5) is 0 Å². The van der Waals surface area contributed by atoms with E-state index in [1.54, 1.807) is 0 Å². The van der Waals surface area contributed by atoms with Crippen molar-refractivity contribution in [3.05, 3.63) is 64.6 Å². The second-order valence-corrected chi connectivity index (χ2v) is 7.52. The summed E-state index contributed by atoms with van der Waals surface area (Å²) >= 11 is 4.91. The highest BCUT2D eigenvalue weighted by Crippen LogP contribution is 2.31. The molecule has 24 heavy (non-hydrogen) atoms. The molecule has 1 atom stereocenters. The van der Waals surface area contributed by atoms with Gasteiger partial charge in [0.25, 0.3) is 0 Å². The van der Waals surface area contributed by atoms with Crippen molar-refractivity contribution in [2.45, 2.75) is 17.1 Å². The number of nitrogens with zero attached hydrogens (tertiary/aromatic N) is 2. The summed E-state index contributed by atoms with van der Waals surface area (Å²) in [6, 6.07) is 17.4. The summed E-state index contributed by atoms with van der Waals surface area (Å²) in [5, 5.41) is 19.8. The summed E-state index contributed by atoms with van der Waals surface area (Å²) < 4.78 is 0.973. The Morgan fingerprint density at radius 3 is 2.79 bits per heavy atom. The molecular formula is C18H14BrN3OS. The number of thioether (sulfide) groups is 1. The lowest BCUT2D eigenvalue weighted by atomic mass is 10.2. The molecule has 3 rings (SSSR count). The van der Waals surface area contributed by atoms with E-state index in [-0.39, 0.29) is 16.6 Å². The Balaban J connectivity index is 1.93. The number of hydrogen-bond acceptors (Lipinski definition) is 4. The number of aromatic nitrogens is 2. The fraction of sp³-hybridized carbons (Fsp3) is 0.111. The van der Waals surface area contributed by atoms with Crippen LogP contribution in [-0.4, -0.2) is 20.3 Å². The normalized spacial score (nSPS) is 13.4. The number of fused-ring (bicyclic) bond motifs is 1. The Hall–Kier alpha value is -2.23. The topological polar surface area (TPSA) is 72.7 Å². The third kappa shape index (κ3) is 3.48. The average molecular weight is 400 g/mol. The van der Waals surface area contributed by atoms with Crippen LogP contribution in [0.15, 0.2) is 63.7 Å². The number of para-hydroxylation sites is 2. The van der Waals surface area contributed by atoms with Crippen LogP contribution < -0.4 is 0 Å². The van der Waals surface area contributed by atoms with Gasteiger partial charge in [0.05, 0.1) is 16.3 Å². The van der Waals surface area contributed by atoms with Crippen LogP contribution in [0.5, 0.6) is 0 Å². The van der Waals surface area contributed by atoms with Crippen molar-refractivity contribution in [3.8, 4) is 6.07 Å². The van der Waals surface area contributed by atoms with Crippen molar-refractivity contribution >= 4 is 44.3 Å². The van der Waals surface area contributed by atoms with Crippen LogP contribution in [0.3, 0.4) is 0 Å². The predicted octanol–water partition coefficient (Wildman–Crippen LogP) is 5.30. The van der Waals surface area contributed by atoms with Gasteiger partial charge in [-0.2, -0.15) is 5.26 Å². The van der Waals surface area contributed by atoms with E-state index in [0.29, 0.717) is 5.82 Å². The van der Waals surface area contributed by atoms with Crippen molar-refractivity contribution in [1.82, 2.24) is 9.97 Å². The quantitative estimate of drug-likeness (QED) is 0.354. The number of allylic oxidation sites excluding steroid dienone is 1. The van der Waals surface area contributed by atoms with Crippen LogP contribution in [0.2, 0.25) is 0 Å². The molecule has 0 saturated carbocycles. The maximum atomic E-state index is 10.6. The van der Waals surface area contributed by atoms with E-state index in [1.165, 1.54) is 11.8 Å². The number of aliphatic hydroxyl groups excluding tert-OH is 1. The van der Waals surface area contributed by atoms with E-state index in [0.717, 1.165) is 20.4 Å². The lowest BCUT2D eigenvalue weighted by molar-refractivity contribution is 0.402. The molecule has 0 bridgehead atoms. The minimum atomic E-state index is -0.276. The first-order chi connectivity index (χ1) is 11.6. The van der Waals surface area contributed by atoms with Crippen molar-refractivity contribution in [1.29, 1.82) is 5.26 Å². The fourth-order valence-corrected chi connectivity index (χ4v) is 3.85. The summed E-state index contributed by atoms with van der Waals surface area (Å²) in [6.45, 7) is 1.86. The molecule has 0 fully saturated rings. The number of aliphatic hydroxyl groups is 1. The summed E-state index contributed by atoms with van der Waals surface area (Å²) in [5.41, 5.74) is 1.77. The number of nitriles is 1. The Bertz CT molecular complexity index is 925. The number of rotatable bonds is 4. The predicted molar refractivity (Wildman–Crippen MR) is 101 cm³/mol. The first kappa shape index (κ1) is 16.6. The zero-order valence-electron chi connectivity index (χ0n) is 12.8. The molecule has 4 nitrogen and oxygen atoms in total. The molecule has 0 aliphatic heterocycles. The molecule has 0 spiro atoms. The van der Waals surface area contributed by atoms with Crippen molar-refractivity contribution in [3.63, 3.8) is 0 Å².